The van der Waals surface area contributed by atoms with Gasteiger partial charge in [-0.15, -0.1) is 0 Å². The number of methoxy groups -OCH3 is 2. The van der Waals surface area contributed by atoms with Crippen molar-refractivity contribution in [2.45, 2.75) is 40.8 Å². The first-order chi connectivity index (χ1) is 31.9. The number of carbonyl (C=O) groups is 3. The van der Waals surface area contributed by atoms with Gasteiger partial charge in [0, 0.05) is 98.5 Å². The second-order valence-corrected chi connectivity index (χ2v) is 15.1. The molecule has 0 unspecified atom stereocenters. The maximum atomic E-state index is 12.8. The summed E-state index contributed by atoms with van der Waals surface area (Å²) < 4.78 is 18.1. The van der Waals surface area contributed by atoms with Crippen molar-refractivity contribution in [3.05, 3.63) is 93.5 Å². The van der Waals surface area contributed by atoms with E-state index < -0.39 is 0 Å². The number of amides is 2. The van der Waals surface area contributed by atoms with Gasteiger partial charge in [0.1, 0.15) is 36.2 Å². The Labute approximate surface area is 392 Å². The summed E-state index contributed by atoms with van der Waals surface area (Å²) in [5.74, 6) is 1.70. The summed E-state index contributed by atoms with van der Waals surface area (Å²) in [6.45, 7) is 13.2. The summed E-state index contributed by atoms with van der Waals surface area (Å²) in [5.41, 5.74) is 17.5. The fraction of sp³-hybridized carbons (Fsp3) is 0.386. The zero-order chi connectivity index (χ0) is 47.8. The number of hydrogen-bond donors (Lipinski definition) is 1. The van der Waals surface area contributed by atoms with Gasteiger partial charge in [0.2, 0.25) is 11.8 Å². The van der Waals surface area contributed by atoms with E-state index in [2.05, 4.69) is 44.7 Å². The molecule has 0 bridgehead atoms. The standard InChI is InChI=1S/C19H19ClN8O2.C19H21ClN6O2.C4H8O2.C2H6/c1-30-16-10-14(3-4-15(16)20)26-6-8-27(9-7-26)18(29)12-28-19-13(11-22-28)2-5-17(23-19)24-25-21;1-28-16-10-14(3-4-15(16)20)24-6-8-25(9-7-24)18(27)12-26-19-13(11-22-26)2-5-17(21)23-19;1-3-6-4(2)5;1-2/h2-5,10-11H,6-9,12H2,1H3;2-5,10-11H,6-9,12H2,1H3,(H2,21,23);3H2,1-2H3;1-2H3. The number of hydrogen-bond acceptors (Lipinski definition) is 14. The van der Waals surface area contributed by atoms with Crippen molar-refractivity contribution >= 4 is 86.1 Å². The molecule has 20 nitrogen and oxygen atoms in total. The molecule has 6 aromatic rings. The number of fused-ring (bicyclic) bond motifs is 2. The smallest absolute Gasteiger partial charge is 0.302 e. The molecule has 350 valence electrons. The molecule has 2 aromatic carbocycles. The number of pyridine rings is 2. The highest BCUT2D eigenvalue weighted by molar-refractivity contribution is 6.32. The van der Waals surface area contributed by atoms with Crippen LogP contribution in [0.4, 0.5) is 23.0 Å². The number of carbonyl (C=O) groups excluding carboxylic acids is 3. The van der Waals surface area contributed by atoms with Crippen molar-refractivity contribution in [2.24, 2.45) is 5.11 Å². The lowest BCUT2D eigenvalue weighted by molar-refractivity contribution is -0.140. The lowest BCUT2D eigenvalue weighted by Gasteiger charge is -2.36. The van der Waals surface area contributed by atoms with Crippen LogP contribution < -0.4 is 25.0 Å². The molecule has 0 spiro atoms. The van der Waals surface area contributed by atoms with Crippen molar-refractivity contribution in [2.75, 3.05) is 88.7 Å². The largest absolute Gasteiger partial charge is 0.495 e. The Balaban J connectivity index is 0.000000214. The fourth-order valence-electron chi connectivity index (χ4n) is 7.02. The maximum Gasteiger partial charge on any atom is 0.302 e. The van der Waals surface area contributed by atoms with E-state index in [1.54, 1.807) is 56.4 Å². The van der Waals surface area contributed by atoms with Crippen LogP contribution in [0.5, 0.6) is 11.5 Å². The Morgan fingerprint density at radius 3 is 1.58 bits per heavy atom. The van der Waals surface area contributed by atoms with Gasteiger partial charge < -0.3 is 39.5 Å². The van der Waals surface area contributed by atoms with Gasteiger partial charge in [-0.25, -0.2) is 19.3 Å². The average molecular weight is 946 g/mol. The summed E-state index contributed by atoms with van der Waals surface area (Å²) in [6.07, 6.45) is 3.34. The van der Waals surface area contributed by atoms with Crippen molar-refractivity contribution in [3.63, 3.8) is 0 Å². The lowest BCUT2D eigenvalue weighted by atomic mass is 10.2. The molecule has 0 saturated carbocycles. The fourth-order valence-corrected chi connectivity index (χ4v) is 7.41. The summed E-state index contributed by atoms with van der Waals surface area (Å²) in [5, 5.41) is 14.8. The number of piperazine rings is 2. The Morgan fingerprint density at radius 1 is 0.712 bits per heavy atom. The van der Waals surface area contributed by atoms with E-state index in [-0.39, 0.29) is 36.7 Å². The number of azide groups is 1. The van der Waals surface area contributed by atoms with Crippen LogP contribution in [-0.2, 0) is 32.2 Å². The molecular formula is C44H54Cl2N14O6. The Morgan fingerprint density at radius 2 is 1.17 bits per heavy atom. The number of ether oxygens (including phenoxy) is 3. The van der Waals surface area contributed by atoms with Gasteiger partial charge in [-0.3, -0.25) is 14.4 Å². The lowest BCUT2D eigenvalue weighted by Crippen LogP contribution is -2.49. The number of halogens is 2. The molecule has 0 aliphatic carbocycles. The minimum Gasteiger partial charge on any atom is -0.495 e. The molecule has 2 aliphatic rings. The second-order valence-electron chi connectivity index (χ2n) is 14.3. The Bertz CT molecular complexity index is 2640. The van der Waals surface area contributed by atoms with Crippen LogP contribution in [0.3, 0.4) is 0 Å². The molecule has 0 atom stereocenters. The number of nitrogens with zero attached hydrogens (tertiary/aromatic N) is 13. The van der Waals surface area contributed by atoms with E-state index in [1.165, 1.54) is 11.6 Å². The average Bonchev–Trinajstić information content (AvgIpc) is 3.93. The molecular weight excluding hydrogens is 891 g/mol. The minimum atomic E-state index is -0.211. The zero-order valence-corrected chi connectivity index (χ0v) is 39.3. The van der Waals surface area contributed by atoms with Gasteiger partial charge in [-0.05, 0) is 66.1 Å². The predicted octanol–water partition coefficient (Wildman–Crippen LogP) is 7.00. The summed E-state index contributed by atoms with van der Waals surface area (Å²) in [4.78, 5) is 54.7. The van der Waals surface area contributed by atoms with Gasteiger partial charge in [-0.1, -0.05) is 37.0 Å². The highest BCUT2D eigenvalue weighted by Gasteiger charge is 2.25. The number of aromatic nitrogens is 6. The molecule has 2 aliphatic heterocycles. The highest BCUT2D eigenvalue weighted by Crippen LogP contribution is 2.31. The van der Waals surface area contributed by atoms with Crippen LogP contribution in [0.1, 0.15) is 27.7 Å². The third-order valence-electron chi connectivity index (χ3n) is 10.3. The van der Waals surface area contributed by atoms with Gasteiger partial charge in [0.15, 0.2) is 11.3 Å². The maximum absolute atomic E-state index is 12.8. The molecule has 2 amide bonds. The normalized spacial score (nSPS) is 13.3. The first kappa shape index (κ1) is 50.0. The topological polar surface area (TPSA) is 228 Å². The van der Waals surface area contributed by atoms with Crippen molar-refractivity contribution < 1.29 is 28.6 Å². The van der Waals surface area contributed by atoms with E-state index >= 15 is 0 Å². The molecule has 2 fully saturated rings. The Hall–Kier alpha value is -7.02. The van der Waals surface area contributed by atoms with Crippen LogP contribution in [-0.4, -0.2) is 130 Å². The molecule has 22 heteroatoms. The first-order valence-electron chi connectivity index (χ1n) is 21.2. The van der Waals surface area contributed by atoms with Gasteiger partial charge >= 0.3 is 5.97 Å². The van der Waals surface area contributed by atoms with E-state index in [0.29, 0.717) is 84.5 Å². The van der Waals surface area contributed by atoms with Crippen LogP contribution in [0.25, 0.3) is 32.5 Å². The summed E-state index contributed by atoms with van der Waals surface area (Å²) in [7, 11) is 3.19. The van der Waals surface area contributed by atoms with Gasteiger partial charge in [0.25, 0.3) is 0 Å². The first-order valence-corrected chi connectivity index (χ1v) is 22.0. The number of anilines is 3. The number of esters is 1. The van der Waals surface area contributed by atoms with Crippen LogP contribution in [0, 0.1) is 0 Å². The third-order valence-corrected chi connectivity index (χ3v) is 10.9. The summed E-state index contributed by atoms with van der Waals surface area (Å²) >= 11 is 12.2. The molecule has 2 saturated heterocycles. The number of benzene rings is 2. The SMILES string of the molecule is CC.CCOC(C)=O.COc1cc(N2CCN(C(=O)Cn3ncc4ccc(N)nc43)CC2)ccc1Cl.COc1cc(N2CCN(C(=O)Cn3ncc4ccc(N=[N+]=[N-])nc43)CC2)ccc1Cl. The molecule has 6 heterocycles. The van der Waals surface area contributed by atoms with E-state index in [4.69, 9.17) is 43.9 Å². The highest BCUT2D eigenvalue weighted by atomic mass is 35.5. The van der Waals surface area contributed by atoms with Crippen molar-refractivity contribution in [1.82, 2.24) is 39.3 Å². The van der Waals surface area contributed by atoms with Crippen LogP contribution in [0.15, 0.2) is 78.2 Å². The number of nitrogen functional groups attached to an aromatic ring is 1. The Kier molecular flexibility index (Phi) is 18.4. The molecule has 4 aromatic heterocycles. The van der Waals surface area contributed by atoms with E-state index in [0.717, 1.165) is 35.2 Å². The molecule has 0 radical (unpaired) electrons. The predicted molar refractivity (Wildman–Crippen MR) is 256 cm³/mol. The van der Waals surface area contributed by atoms with Crippen molar-refractivity contribution in [1.29, 1.82) is 0 Å². The quantitative estimate of drug-likeness (QED) is 0.0632. The van der Waals surface area contributed by atoms with Gasteiger partial charge in [-0.2, -0.15) is 10.2 Å². The molecule has 8 rings (SSSR count). The minimum absolute atomic E-state index is 0.0163. The zero-order valence-electron chi connectivity index (χ0n) is 37.8. The van der Waals surface area contributed by atoms with Crippen LogP contribution in [0.2, 0.25) is 10.0 Å². The summed E-state index contributed by atoms with van der Waals surface area (Å²) in [6, 6.07) is 18.3. The van der Waals surface area contributed by atoms with Crippen LogP contribution >= 0.6 is 23.2 Å². The van der Waals surface area contributed by atoms with E-state index in [1.807, 2.05) is 66.1 Å². The van der Waals surface area contributed by atoms with Crippen molar-refractivity contribution in [3.8, 4) is 11.5 Å². The molecule has 66 heavy (non-hydrogen) atoms. The molecule has 2 N–H and O–H groups in total. The monoisotopic (exact) mass is 944 g/mol. The second kappa shape index (κ2) is 24.3. The number of rotatable bonds is 10. The van der Waals surface area contributed by atoms with Gasteiger partial charge in [0.05, 0.1) is 43.3 Å². The third kappa shape index (κ3) is 13.0. The van der Waals surface area contributed by atoms with E-state index in [9.17, 15) is 14.4 Å². The number of nitrogens with two attached hydrogens (primary N) is 1.